The number of aromatic nitrogens is 1. The summed E-state index contributed by atoms with van der Waals surface area (Å²) < 4.78 is 4.55. The van der Waals surface area contributed by atoms with Crippen LogP contribution in [0.2, 0.25) is 0 Å². The third-order valence-corrected chi connectivity index (χ3v) is 1.78. The van der Waals surface area contributed by atoms with Crippen molar-refractivity contribution in [2.24, 2.45) is 0 Å². The van der Waals surface area contributed by atoms with Crippen LogP contribution < -0.4 is 5.32 Å². The van der Waals surface area contributed by atoms with Crippen molar-refractivity contribution in [3.8, 4) is 0 Å². The first-order chi connectivity index (χ1) is 6.72. The molecule has 0 spiro atoms. The minimum Gasteiger partial charge on any atom is -0.464 e. The van der Waals surface area contributed by atoms with Crippen molar-refractivity contribution in [3.05, 3.63) is 30.0 Å². The summed E-state index contributed by atoms with van der Waals surface area (Å²) >= 11 is 0. The number of rotatable bonds is 3. The molecule has 4 heteroatoms. The summed E-state index contributed by atoms with van der Waals surface area (Å²) in [4.78, 5) is 15.2. The van der Waals surface area contributed by atoms with Crippen LogP contribution in [0.3, 0.4) is 0 Å². The lowest BCUT2D eigenvalue weighted by Gasteiger charge is -2.05. The number of pyridine rings is 1. The predicted octanol–water partition coefficient (Wildman–Crippen LogP) is 1.55. The molecule has 0 aliphatic carbocycles. The topological polar surface area (TPSA) is 51.2 Å². The molecule has 0 atom stereocenters. The number of carbonyl (C=O) groups excluding carboxylic acids is 1. The van der Waals surface area contributed by atoms with Crippen molar-refractivity contribution in [2.75, 3.05) is 19.5 Å². The number of nitrogens with one attached hydrogen (secondary N) is 1. The van der Waals surface area contributed by atoms with Crippen molar-refractivity contribution in [1.82, 2.24) is 4.98 Å². The minimum atomic E-state index is -0.447. The lowest BCUT2D eigenvalue weighted by molar-refractivity contribution is 0.0594. The molecule has 0 saturated carbocycles. The van der Waals surface area contributed by atoms with E-state index in [0.29, 0.717) is 5.82 Å². The van der Waals surface area contributed by atoms with E-state index >= 15 is 0 Å². The zero-order chi connectivity index (χ0) is 10.6. The molecule has 0 aromatic carbocycles. The molecule has 14 heavy (non-hydrogen) atoms. The summed E-state index contributed by atoms with van der Waals surface area (Å²) in [5.41, 5.74) is 1.13. The van der Waals surface area contributed by atoms with Crippen molar-refractivity contribution >= 4 is 17.9 Å². The van der Waals surface area contributed by atoms with E-state index in [2.05, 4.69) is 21.6 Å². The van der Waals surface area contributed by atoms with E-state index in [-0.39, 0.29) is 5.69 Å². The molecule has 1 aromatic rings. The van der Waals surface area contributed by atoms with E-state index in [0.717, 1.165) is 5.56 Å². The maximum absolute atomic E-state index is 11.1. The molecule has 0 bridgehead atoms. The van der Waals surface area contributed by atoms with Crippen molar-refractivity contribution in [2.45, 2.75) is 0 Å². The number of esters is 1. The quantitative estimate of drug-likeness (QED) is 0.738. The van der Waals surface area contributed by atoms with E-state index in [1.165, 1.54) is 7.11 Å². The Morgan fingerprint density at radius 1 is 1.64 bits per heavy atom. The molecule has 1 N–H and O–H groups in total. The molecule has 1 aromatic heterocycles. The first kappa shape index (κ1) is 10.2. The van der Waals surface area contributed by atoms with Gasteiger partial charge in [0.25, 0.3) is 0 Å². The average molecular weight is 192 g/mol. The standard InChI is InChI=1S/C10H12N2O2/c1-4-7-5-6-8(10(13)14-3)12-9(7)11-2/h4-6H,1H2,2-3H3,(H,11,12). The minimum absolute atomic E-state index is 0.280. The highest BCUT2D eigenvalue weighted by atomic mass is 16.5. The average Bonchev–Trinajstić information content (AvgIpc) is 2.26. The number of methoxy groups -OCH3 is 1. The smallest absolute Gasteiger partial charge is 0.356 e. The summed E-state index contributed by atoms with van der Waals surface area (Å²) in [7, 11) is 3.06. The molecule has 0 saturated heterocycles. The highest BCUT2D eigenvalue weighted by Crippen LogP contribution is 2.14. The van der Waals surface area contributed by atoms with Gasteiger partial charge in [0.05, 0.1) is 7.11 Å². The largest absolute Gasteiger partial charge is 0.464 e. The van der Waals surface area contributed by atoms with Gasteiger partial charge in [-0.05, 0) is 12.1 Å². The van der Waals surface area contributed by atoms with E-state index in [1.54, 1.807) is 25.3 Å². The Kier molecular flexibility index (Phi) is 3.23. The monoisotopic (exact) mass is 192 g/mol. The van der Waals surface area contributed by atoms with Crippen LogP contribution in [0.5, 0.6) is 0 Å². The van der Waals surface area contributed by atoms with Gasteiger partial charge in [-0.25, -0.2) is 9.78 Å². The van der Waals surface area contributed by atoms with Gasteiger partial charge in [-0.3, -0.25) is 0 Å². The van der Waals surface area contributed by atoms with Gasteiger partial charge in [0.2, 0.25) is 0 Å². The molecule has 0 radical (unpaired) electrons. The van der Waals surface area contributed by atoms with Crippen molar-refractivity contribution in [1.29, 1.82) is 0 Å². The Balaban J connectivity index is 3.13. The van der Waals surface area contributed by atoms with Crippen LogP contribution in [-0.2, 0) is 4.74 Å². The fourth-order valence-electron chi connectivity index (χ4n) is 1.05. The molecular formula is C10H12N2O2. The van der Waals surface area contributed by atoms with Gasteiger partial charge in [0.1, 0.15) is 5.82 Å². The van der Waals surface area contributed by atoms with Crippen molar-refractivity contribution in [3.63, 3.8) is 0 Å². The fraction of sp³-hybridized carbons (Fsp3) is 0.200. The maximum Gasteiger partial charge on any atom is 0.356 e. The second kappa shape index (κ2) is 4.41. The number of ether oxygens (including phenoxy) is 1. The third-order valence-electron chi connectivity index (χ3n) is 1.78. The van der Waals surface area contributed by atoms with Gasteiger partial charge in [0.15, 0.2) is 5.69 Å². The van der Waals surface area contributed by atoms with Crippen LogP contribution in [0.15, 0.2) is 18.7 Å². The third kappa shape index (κ3) is 1.90. The van der Waals surface area contributed by atoms with Gasteiger partial charge in [-0.2, -0.15) is 0 Å². The zero-order valence-corrected chi connectivity index (χ0v) is 8.20. The Labute approximate surface area is 82.6 Å². The molecule has 0 amide bonds. The highest BCUT2D eigenvalue weighted by molar-refractivity contribution is 5.88. The van der Waals surface area contributed by atoms with Gasteiger partial charge >= 0.3 is 5.97 Å². The molecule has 74 valence electrons. The van der Waals surface area contributed by atoms with Crippen LogP contribution in [0.1, 0.15) is 16.1 Å². The van der Waals surface area contributed by atoms with E-state index in [1.807, 2.05) is 0 Å². The second-order valence-electron chi connectivity index (χ2n) is 2.58. The van der Waals surface area contributed by atoms with E-state index < -0.39 is 5.97 Å². The van der Waals surface area contributed by atoms with Gasteiger partial charge in [-0.15, -0.1) is 0 Å². The Bertz CT molecular complexity index is 361. The summed E-state index contributed by atoms with van der Waals surface area (Å²) in [5.74, 6) is 0.167. The first-order valence-corrected chi connectivity index (χ1v) is 4.12. The van der Waals surface area contributed by atoms with Gasteiger partial charge in [0, 0.05) is 12.6 Å². The summed E-state index contributed by atoms with van der Waals surface area (Å²) in [6.07, 6.45) is 1.67. The second-order valence-corrected chi connectivity index (χ2v) is 2.58. The lowest BCUT2D eigenvalue weighted by atomic mass is 10.2. The van der Waals surface area contributed by atoms with Crippen LogP contribution in [0, 0.1) is 0 Å². The Hall–Kier alpha value is -1.84. The number of carbonyl (C=O) groups is 1. The van der Waals surface area contributed by atoms with Gasteiger partial charge in [-0.1, -0.05) is 12.7 Å². The highest BCUT2D eigenvalue weighted by Gasteiger charge is 2.09. The molecular weight excluding hydrogens is 180 g/mol. The van der Waals surface area contributed by atoms with Crippen LogP contribution >= 0.6 is 0 Å². The van der Waals surface area contributed by atoms with E-state index in [9.17, 15) is 4.79 Å². The number of anilines is 1. The van der Waals surface area contributed by atoms with Crippen molar-refractivity contribution < 1.29 is 9.53 Å². The lowest BCUT2D eigenvalue weighted by Crippen LogP contribution is -2.06. The van der Waals surface area contributed by atoms with Crippen LogP contribution in [0.25, 0.3) is 6.08 Å². The zero-order valence-electron chi connectivity index (χ0n) is 8.20. The fourth-order valence-corrected chi connectivity index (χ4v) is 1.05. The maximum atomic E-state index is 11.1. The molecule has 0 aliphatic heterocycles. The Morgan fingerprint density at radius 2 is 2.36 bits per heavy atom. The molecule has 4 nitrogen and oxygen atoms in total. The molecule has 1 heterocycles. The number of hydrogen-bond donors (Lipinski definition) is 1. The van der Waals surface area contributed by atoms with Crippen LogP contribution in [-0.4, -0.2) is 25.1 Å². The first-order valence-electron chi connectivity index (χ1n) is 4.12. The molecule has 0 unspecified atom stereocenters. The predicted molar refractivity (Wildman–Crippen MR) is 55.2 cm³/mol. The summed E-state index contributed by atoms with van der Waals surface area (Å²) in [5, 5.41) is 2.88. The summed E-state index contributed by atoms with van der Waals surface area (Å²) in [6, 6.07) is 3.36. The summed E-state index contributed by atoms with van der Waals surface area (Å²) in [6.45, 7) is 3.64. The SMILES string of the molecule is C=Cc1ccc(C(=O)OC)nc1NC. The Morgan fingerprint density at radius 3 is 2.86 bits per heavy atom. The molecule has 0 aliphatic rings. The normalized spacial score (nSPS) is 9.29. The van der Waals surface area contributed by atoms with Gasteiger partial charge < -0.3 is 10.1 Å². The van der Waals surface area contributed by atoms with Crippen LogP contribution in [0.4, 0.5) is 5.82 Å². The van der Waals surface area contributed by atoms with E-state index in [4.69, 9.17) is 0 Å². The number of hydrogen-bond acceptors (Lipinski definition) is 4. The molecule has 1 rings (SSSR count). The number of nitrogens with zero attached hydrogens (tertiary/aromatic N) is 1. The molecule has 0 fully saturated rings.